The second kappa shape index (κ2) is 5.53. The Hall–Kier alpha value is -1.35. The van der Waals surface area contributed by atoms with Crippen LogP contribution in [-0.4, -0.2) is 21.8 Å². The number of benzene rings is 1. The van der Waals surface area contributed by atoms with Gasteiger partial charge in [-0.15, -0.1) is 0 Å². The molecule has 0 saturated carbocycles. The average Bonchev–Trinajstić information content (AvgIpc) is 2.37. The van der Waals surface area contributed by atoms with E-state index in [1.165, 1.54) is 0 Å². The van der Waals surface area contributed by atoms with Crippen LogP contribution in [0.5, 0.6) is 0 Å². The van der Waals surface area contributed by atoms with E-state index in [-0.39, 0.29) is 6.42 Å². The Kier molecular flexibility index (Phi) is 4.52. The molecule has 0 saturated heterocycles. The van der Waals surface area contributed by atoms with Gasteiger partial charge in [0.2, 0.25) is 0 Å². The van der Waals surface area contributed by atoms with E-state index in [9.17, 15) is 15.0 Å². The first-order valence-electron chi connectivity index (χ1n) is 6.39. The minimum atomic E-state index is -1.01. The van der Waals surface area contributed by atoms with Gasteiger partial charge in [0.15, 0.2) is 0 Å². The highest BCUT2D eigenvalue weighted by Crippen LogP contribution is 2.37. The van der Waals surface area contributed by atoms with Crippen molar-refractivity contribution in [2.24, 2.45) is 0 Å². The van der Waals surface area contributed by atoms with Crippen molar-refractivity contribution >= 4 is 5.97 Å². The van der Waals surface area contributed by atoms with Crippen molar-refractivity contribution in [2.45, 2.75) is 51.0 Å². The van der Waals surface area contributed by atoms with Crippen molar-refractivity contribution in [3.63, 3.8) is 0 Å². The Morgan fingerprint density at radius 1 is 1.17 bits per heavy atom. The number of carboxylic acids is 1. The molecular weight excluding hydrogens is 228 g/mol. The molecule has 0 aliphatic rings. The smallest absolute Gasteiger partial charge is 0.314 e. The molecule has 0 heterocycles. The van der Waals surface area contributed by atoms with Crippen LogP contribution in [0.1, 0.15) is 45.6 Å². The number of aliphatic carboxylic acids is 1. The Bertz CT molecular complexity index is 397. The third-order valence-electron chi connectivity index (χ3n) is 3.78. The van der Waals surface area contributed by atoms with E-state index in [0.29, 0.717) is 12.8 Å². The van der Waals surface area contributed by atoms with Crippen LogP contribution in [0.2, 0.25) is 0 Å². The summed E-state index contributed by atoms with van der Waals surface area (Å²) in [6.07, 6.45) is 1.23. The molecule has 3 heteroatoms. The number of hydrogen-bond donors (Lipinski definition) is 2. The molecule has 0 bridgehead atoms. The van der Waals surface area contributed by atoms with Gasteiger partial charge in [-0.05, 0) is 31.7 Å². The van der Waals surface area contributed by atoms with Gasteiger partial charge in [-0.3, -0.25) is 4.79 Å². The van der Waals surface area contributed by atoms with Gasteiger partial charge in [-0.25, -0.2) is 0 Å². The summed E-state index contributed by atoms with van der Waals surface area (Å²) in [6.45, 7) is 5.42. The minimum Gasteiger partial charge on any atom is -0.481 e. The maximum absolute atomic E-state index is 11.7. The molecule has 0 aliphatic carbocycles. The molecule has 0 aromatic heterocycles. The normalized spacial score (nSPS) is 17.8. The molecule has 2 N–H and O–H groups in total. The van der Waals surface area contributed by atoms with Crippen molar-refractivity contribution in [3.8, 4) is 0 Å². The molecule has 100 valence electrons. The van der Waals surface area contributed by atoms with Crippen molar-refractivity contribution < 1.29 is 15.0 Å². The fourth-order valence-electron chi connectivity index (χ4n) is 2.31. The molecule has 1 rings (SSSR count). The van der Waals surface area contributed by atoms with E-state index in [2.05, 4.69) is 0 Å². The van der Waals surface area contributed by atoms with Crippen LogP contribution in [0, 0.1) is 0 Å². The lowest BCUT2D eigenvalue weighted by atomic mass is 9.70. The molecule has 2 unspecified atom stereocenters. The number of rotatable bonds is 6. The molecular formula is C15H22O3. The molecule has 0 fully saturated rings. The second-order valence-electron chi connectivity index (χ2n) is 5.13. The number of carboxylic acid groups (broad SMARTS) is 1. The topological polar surface area (TPSA) is 57.5 Å². The summed E-state index contributed by atoms with van der Waals surface area (Å²) in [5.41, 5.74) is -1.22. The minimum absolute atomic E-state index is 0.229. The fourth-order valence-corrected chi connectivity index (χ4v) is 2.31. The highest BCUT2D eigenvalue weighted by atomic mass is 16.4. The van der Waals surface area contributed by atoms with Gasteiger partial charge in [-0.1, -0.05) is 44.2 Å². The Morgan fingerprint density at radius 3 is 2.11 bits per heavy atom. The lowest BCUT2D eigenvalue weighted by Crippen LogP contribution is -2.43. The van der Waals surface area contributed by atoms with Gasteiger partial charge in [0.05, 0.1) is 11.0 Å². The molecule has 18 heavy (non-hydrogen) atoms. The van der Waals surface area contributed by atoms with Crippen LogP contribution in [0.25, 0.3) is 0 Å². The molecule has 0 amide bonds. The van der Waals surface area contributed by atoms with E-state index in [0.717, 1.165) is 5.56 Å². The van der Waals surface area contributed by atoms with Crippen molar-refractivity contribution in [1.82, 2.24) is 0 Å². The third kappa shape index (κ3) is 2.91. The summed E-state index contributed by atoms with van der Waals surface area (Å²) in [7, 11) is 0. The summed E-state index contributed by atoms with van der Waals surface area (Å²) >= 11 is 0. The van der Waals surface area contributed by atoms with E-state index in [4.69, 9.17) is 0 Å². The SMILES string of the molecule is CCC(C)(O)CC(CC)(C(=O)O)c1ccccc1. The first-order chi connectivity index (χ1) is 8.38. The second-order valence-corrected chi connectivity index (χ2v) is 5.13. The lowest BCUT2D eigenvalue weighted by molar-refractivity contribution is -0.147. The quantitative estimate of drug-likeness (QED) is 0.816. The van der Waals surface area contributed by atoms with Crippen LogP contribution in [0.15, 0.2) is 30.3 Å². The zero-order valence-corrected chi connectivity index (χ0v) is 11.3. The number of carbonyl (C=O) groups is 1. The van der Waals surface area contributed by atoms with Crippen LogP contribution in [0.4, 0.5) is 0 Å². The summed E-state index contributed by atoms with van der Waals surface area (Å²) in [5.74, 6) is -0.870. The van der Waals surface area contributed by atoms with Crippen LogP contribution >= 0.6 is 0 Å². The van der Waals surface area contributed by atoms with Gasteiger partial charge in [0.25, 0.3) is 0 Å². The molecule has 2 atom stereocenters. The van der Waals surface area contributed by atoms with E-state index in [1.54, 1.807) is 6.92 Å². The lowest BCUT2D eigenvalue weighted by Gasteiger charge is -2.35. The molecule has 1 aromatic carbocycles. The van der Waals surface area contributed by atoms with E-state index < -0.39 is 17.0 Å². The Morgan fingerprint density at radius 2 is 1.72 bits per heavy atom. The van der Waals surface area contributed by atoms with E-state index in [1.807, 2.05) is 44.2 Å². The molecule has 0 aliphatic heterocycles. The summed E-state index contributed by atoms with van der Waals surface area (Å²) in [6, 6.07) is 9.18. The Balaban J connectivity index is 3.23. The molecule has 0 radical (unpaired) electrons. The highest BCUT2D eigenvalue weighted by molar-refractivity contribution is 5.81. The predicted molar refractivity (Wildman–Crippen MR) is 71.6 cm³/mol. The predicted octanol–water partition coefficient (Wildman–Crippen LogP) is 2.97. The average molecular weight is 250 g/mol. The zero-order valence-electron chi connectivity index (χ0n) is 11.3. The first kappa shape index (κ1) is 14.7. The number of hydrogen-bond acceptors (Lipinski definition) is 2. The summed E-state index contributed by atoms with van der Waals surface area (Å²) in [4.78, 5) is 11.7. The van der Waals surface area contributed by atoms with Crippen LogP contribution in [-0.2, 0) is 10.2 Å². The standard InChI is InChI=1S/C15H22O3/c1-4-14(3,18)11-15(5-2,13(16)17)12-9-7-6-8-10-12/h6-10,18H,4-5,11H2,1-3H3,(H,16,17). The van der Waals surface area contributed by atoms with Gasteiger partial charge in [0.1, 0.15) is 0 Å². The van der Waals surface area contributed by atoms with Crippen LogP contribution in [0.3, 0.4) is 0 Å². The van der Waals surface area contributed by atoms with Crippen LogP contribution < -0.4 is 0 Å². The van der Waals surface area contributed by atoms with Gasteiger partial charge in [0, 0.05) is 0 Å². The fraction of sp³-hybridized carbons (Fsp3) is 0.533. The van der Waals surface area contributed by atoms with Crippen molar-refractivity contribution in [2.75, 3.05) is 0 Å². The third-order valence-corrected chi connectivity index (χ3v) is 3.78. The molecule has 1 aromatic rings. The van der Waals surface area contributed by atoms with Crippen molar-refractivity contribution in [3.05, 3.63) is 35.9 Å². The van der Waals surface area contributed by atoms with Gasteiger partial charge < -0.3 is 10.2 Å². The van der Waals surface area contributed by atoms with E-state index >= 15 is 0 Å². The first-order valence-corrected chi connectivity index (χ1v) is 6.39. The largest absolute Gasteiger partial charge is 0.481 e. The van der Waals surface area contributed by atoms with Gasteiger partial charge in [-0.2, -0.15) is 0 Å². The molecule has 0 spiro atoms. The Labute approximate surface area is 108 Å². The summed E-state index contributed by atoms with van der Waals surface area (Å²) < 4.78 is 0. The van der Waals surface area contributed by atoms with Crippen molar-refractivity contribution in [1.29, 1.82) is 0 Å². The molecule has 3 nitrogen and oxygen atoms in total. The highest BCUT2D eigenvalue weighted by Gasteiger charge is 2.43. The monoisotopic (exact) mass is 250 g/mol. The van der Waals surface area contributed by atoms with Gasteiger partial charge >= 0.3 is 5.97 Å². The maximum atomic E-state index is 11.7. The number of aliphatic hydroxyl groups is 1. The summed E-state index contributed by atoms with van der Waals surface area (Å²) in [5, 5.41) is 19.9. The zero-order chi connectivity index (χ0) is 13.8. The maximum Gasteiger partial charge on any atom is 0.314 e.